The lowest BCUT2D eigenvalue weighted by Crippen LogP contribution is -1.90. The maximum atomic E-state index is 5.56. The van der Waals surface area contributed by atoms with Crippen molar-refractivity contribution in [1.29, 1.82) is 0 Å². The Bertz CT molecular complexity index is 1920. The number of hydrogen-bond acceptors (Lipinski definition) is 4. The molecule has 0 unspecified atom stereocenters. The van der Waals surface area contributed by atoms with Crippen molar-refractivity contribution in [2.75, 3.05) is 0 Å². The third kappa shape index (κ3) is 3.17. The predicted octanol–water partition coefficient (Wildman–Crippen LogP) is 9.23. The van der Waals surface area contributed by atoms with Crippen LogP contribution in [0.5, 0.6) is 0 Å². The van der Waals surface area contributed by atoms with Gasteiger partial charge in [-0.05, 0) is 78.8 Å². The van der Waals surface area contributed by atoms with Gasteiger partial charge in [0.2, 0.25) is 11.8 Å². The zero-order chi connectivity index (χ0) is 25.1. The lowest BCUT2D eigenvalue weighted by molar-refractivity contribution is 0.574. The van der Waals surface area contributed by atoms with E-state index in [1.54, 1.807) is 24.9 Å². The van der Waals surface area contributed by atoms with Crippen molar-refractivity contribution >= 4 is 32.3 Å². The van der Waals surface area contributed by atoms with E-state index in [9.17, 15) is 0 Å². The molecule has 0 N–H and O–H groups in total. The van der Waals surface area contributed by atoms with Crippen LogP contribution in [0.2, 0.25) is 0 Å². The number of nitrogens with zero attached hydrogens (tertiary/aromatic N) is 2. The Balaban J connectivity index is 1.36. The first-order chi connectivity index (χ1) is 18.8. The Morgan fingerprint density at radius 1 is 0.447 bits per heavy atom. The van der Waals surface area contributed by atoms with Crippen molar-refractivity contribution in [1.82, 2.24) is 9.97 Å². The molecule has 8 aromatic rings. The summed E-state index contributed by atoms with van der Waals surface area (Å²) in [4.78, 5) is 8.67. The molecule has 0 fully saturated rings. The fourth-order valence-electron chi connectivity index (χ4n) is 5.68. The summed E-state index contributed by atoms with van der Waals surface area (Å²) in [5.74, 6) is 1.25. The second-order valence-corrected chi connectivity index (χ2v) is 9.48. The lowest BCUT2D eigenvalue weighted by Gasteiger charge is -2.17. The highest BCUT2D eigenvalue weighted by molar-refractivity contribution is 6.27. The molecule has 6 aromatic carbocycles. The molecule has 0 aliphatic carbocycles. The third-order valence-electron chi connectivity index (χ3n) is 7.37. The van der Waals surface area contributed by atoms with Gasteiger partial charge in [0.15, 0.2) is 0 Å². The SMILES string of the molecule is c1cc(-c2ncco2)cc(-c2ccc3ccc4c(-c5cccc(-c6ncco6)c5)ccc5ccc2c3c54)c1. The molecule has 2 heterocycles. The highest BCUT2D eigenvalue weighted by Crippen LogP contribution is 2.43. The van der Waals surface area contributed by atoms with Gasteiger partial charge in [-0.15, -0.1) is 0 Å². The first-order valence-electron chi connectivity index (χ1n) is 12.5. The molecule has 178 valence electrons. The first kappa shape index (κ1) is 20.9. The molecule has 8 rings (SSSR count). The molecule has 0 saturated carbocycles. The Morgan fingerprint density at radius 3 is 1.34 bits per heavy atom. The minimum absolute atomic E-state index is 0.626. The standard InChI is InChI=1S/C34H20N2O2/c1-3-23(19-25(5-1)33-35-15-17-37-33)27-11-7-21-10-14-30-28(12-8-22-9-13-29(27)31(21)32(22)30)24-4-2-6-26(20-24)34-36-16-18-38-34/h1-20H. The van der Waals surface area contributed by atoms with E-state index in [0.29, 0.717) is 11.8 Å². The van der Waals surface area contributed by atoms with Gasteiger partial charge in [0.05, 0.1) is 12.4 Å². The maximum Gasteiger partial charge on any atom is 0.225 e. The van der Waals surface area contributed by atoms with Gasteiger partial charge >= 0.3 is 0 Å². The van der Waals surface area contributed by atoms with Gasteiger partial charge in [-0.25, -0.2) is 9.97 Å². The second kappa shape index (κ2) is 8.15. The van der Waals surface area contributed by atoms with Gasteiger partial charge in [-0.2, -0.15) is 0 Å². The fraction of sp³-hybridized carbons (Fsp3) is 0. The minimum atomic E-state index is 0.626. The van der Waals surface area contributed by atoms with Crippen LogP contribution in [0, 0.1) is 0 Å². The summed E-state index contributed by atoms with van der Waals surface area (Å²) in [6.45, 7) is 0. The zero-order valence-electron chi connectivity index (χ0n) is 20.3. The van der Waals surface area contributed by atoms with Crippen molar-refractivity contribution in [2.45, 2.75) is 0 Å². The van der Waals surface area contributed by atoms with Crippen LogP contribution in [0.25, 0.3) is 77.5 Å². The summed E-state index contributed by atoms with van der Waals surface area (Å²) < 4.78 is 11.1. The molecule has 0 aliphatic heterocycles. The van der Waals surface area contributed by atoms with Gasteiger partial charge in [-0.3, -0.25) is 0 Å². The van der Waals surface area contributed by atoms with E-state index in [4.69, 9.17) is 8.83 Å². The first-order valence-corrected chi connectivity index (χ1v) is 12.5. The number of hydrogen-bond donors (Lipinski definition) is 0. The molecule has 0 bridgehead atoms. The van der Waals surface area contributed by atoms with Crippen molar-refractivity contribution in [2.24, 2.45) is 0 Å². The van der Waals surface area contributed by atoms with Crippen LogP contribution in [0.3, 0.4) is 0 Å². The molecule has 0 amide bonds. The van der Waals surface area contributed by atoms with Crippen LogP contribution < -0.4 is 0 Å². The fourth-order valence-corrected chi connectivity index (χ4v) is 5.68. The number of rotatable bonds is 4. The molecule has 38 heavy (non-hydrogen) atoms. The van der Waals surface area contributed by atoms with Gasteiger partial charge in [0, 0.05) is 11.1 Å². The third-order valence-corrected chi connectivity index (χ3v) is 7.37. The molecule has 0 saturated heterocycles. The number of oxazole rings is 2. The minimum Gasteiger partial charge on any atom is -0.445 e. The smallest absolute Gasteiger partial charge is 0.225 e. The van der Waals surface area contributed by atoms with Crippen LogP contribution in [-0.2, 0) is 0 Å². The largest absolute Gasteiger partial charge is 0.445 e. The van der Waals surface area contributed by atoms with E-state index < -0.39 is 0 Å². The summed E-state index contributed by atoms with van der Waals surface area (Å²) in [5, 5.41) is 7.49. The van der Waals surface area contributed by atoms with Crippen LogP contribution in [-0.4, -0.2) is 9.97 Å². The van der Waals surface area contributed by atoms with E-state index in [1.807, 2.05) is 12.1 Å². The molecule has 4 heteroatoms. The summed E-state index contributed by atoms with van der Waals surface area (Å²) in [6.07, 6.45) is 6.57. The normalized spacial score (nSPS) is 11.7. The highest BCUT2D eigenvalue weighted by Gasteiger charge is 2.16. The molecule has 0 radical (unpaired) electrons. The Morgan fingerprint density at radius 2 is 0.895 bits per heavy atom. The van der Waals surface area contributed by atoms with Crippen LogP contribution in [0.4, 0.5) is 0 Å². The van der Waals surface area contributed by atoms with Crippen molar-refractivity contribution in [3.63, 3.8) is 0 Å². The molecule has 0 atom stereocenters. The van der Waals surface area contributed by atoms with E-state index in [-0.39, 0.29) is 0 Å². The van der Waals surface area contributed by atoms with Gasteiger partial charge in [-0.1, -0.05) is 72.8 Å². The summed E-state index contributed by atoms with van der Waals surface area (Å²) in [6, 6.07) is 34.6. The van der Waals surface area contributed by atoms with E-state index in [1.165, 1.54) is 43.4 Å². The topological polar surface area (TPSA) is 52.1 Å². The van der Waals surface area contributed by atoms with Crippen LogP contribution in [0.15, 0.2) is 131 Å². The summed E-state index contributed by atoms with van der Waals surface area (Å²) in [5.41, 5.74) is 6.58. The van der Waals surface area contributed by atoms with E-state index in [0.717, 1.165) is 22.3 Å². The highest BCUT2D eigenvalue weighted by atomic mass is 16.3. The monoisotopic (exact) mass is 488 g/mol. The number of aromatic nitrogens is 2. The molecule has 2 aromatic heterocycles. The summed E-state index contributed by atoms with van der Waals surface area (Å²) in [7, 11) is 0. The van der Waals surface area contributed by atoms with Crippen molar-refractivity contribution in [3.8, 4) is 45.2 Å². The van der Waals surface area contributed by atoms with E-state index in [2.05, 4.69) is 94.9 Å². The lowest BCUT2D eigenvalue weighted by atomic mass is 9.87. The van der Waals surface area contributed by atoms with Gasteiger partial charge in [0.25, 0.3) is 0 Å². The quantitative estimate of drug-likeness (QED) is 0.232. The zero-order valence-corrected chi connectivity index (χ0v) is 20.3. The van der Waals surface area contributed by atoms with Crippen LogP contribution >= 0.6 is 0 Å². The molecule has 4 nitrogen and oxygen atoms in total. The molecule has 0 aliphatic rings. The average Bonchev–Trinajstić information content (AvgIpc) is 3.71. The van der Waals surface area contributed by atoms with Crippen LogP contribution in [0.1, 0.15) is 0 Å². The van der Waals surface area contributed by atoms with Crippen molar-refractivity contribution < 1.29 is 8.83 Å². The second-order valence-electron chi connectivity index (χ2n) is 9.48. The number of benzene rings is 6. The predicted molar refractivity (Wildman–Crippen MR) is 152 cm³/mol. The summed E-state index contributed by atoms with van der Waals surface area (Å²) >= 11 is 0. The molecular weight excluding hydrogens is 468 g/mol. The molecular formula is C34H20N2O2. The average molecular weight is 489 g/mol. The van der Waals surface area contributed by atoms with E-state index >= 15 is 0 Å². The maximum absolute atomic E-state index is 5.56. The Kier molecular flexibility index (Phi) is 4.49. The van der Waals surface area contributed by atoms with Crippen molar-refractivity contribution in [3.05, 3.63) is 122 Å². The Hall–Kier alpha value is -5.22. The van der Waals surface area contributed by atoms with Gasteiger partial charge < -0.3 is 8.83 Å². The van der Waals surface area contributed by atoms with Gasteiger partial charge in [0.1, 0.15) is 12.5 Å². The Labute approximate surface area is 218 Å². The molecule has 0 spiro atoms.